The maximum atomic E-state index is 13.2. The van der Waals surface area contributed by atoms with Crippen molar-refractivity contribution in [2.24, 2.45) is 0 Å². The Morgan fingerprint density at radius 3 is 2.41 bits per heavy atom. The molecule has 0 aliphatic carbocycles. The lowest BCUT2D eigenvalue weighted by Crippen LogP contribution is -2.31. The average molecular weight is 414 g/mol. The van der Waals surface area contributed by atoms with Crippen LogP contribution < -0.4 is 9.47 Å². The Kier molecular flexibility index (Phi) is 6.51. The van der Waals surface area contributed by atoms with Gasteiger partial charge in [-0.05, 0) is 36.4 Å². The summed E-state index contributed by atoms with van der Waals surface area (Å²) in [4.78, 5) is 19.1. The topological polar surface area (TPSA) is 77.7 Å². The molecule has 1 heterocycles. The molecule has 3 rings (SSSR count). The third kappa shape index (κ3) is 4.57. The van der Waals surface area contributed by atoms with Gasteiger partial charge in [-0.3, -0.25) is 4.79 Å². The molecule has 0 aliphatic rings. The summed E-state index contributed by atoms with van der Waals surface area (Å²) >= 11 is 5.91. The Morgan fingerprint density at radius 1 is 1.17 bits per heavy atom. The maximum Gasteiger partial charge on any atom is 0.262 e. The normalized spacial score (nSPS) is 10.4. The summed E-state index contributed by atoms with van der Waals surface area (Å²) in [6.45, 7) is 4.11. The number of halogens is 1. The zero-order valence-electron chi connectivity index (χ0n) is 16.1. The quantitative estimate of drug-likeness (QED) is 0.514. The molecular formula is C21H20ClN3O4. The highest BCUT2D eigenvalue weighted by Gasteiger charge is 2.25. The average Bonchev–Trinajstić information content (AvgIpc) is 3.21. The minimum absolute atomic E-state index is 0.104. The van der Waals surface area contributed by atoms with Gasteiger partial charge >= 0.3 is 0 Å². The molecule has 0 unspecified atom stereocenters. The van der Waals surface area contributed by atoms with E-state index in [0.29, 0.717) is 33.8 Å². The molecule has 29 heavy (non-hydrogen) atoms. The molecular weight excluding hydrogens is 394 g/mol. The molecule has 0 aliphatic heterocycles. The number of rotatable bonds is 8. The summed E-state index contributed by atoms with van der Waals surface area (Å²) in [5.41, 5.74) is 1.08. The standard InChI is InChI=1S/C21H20ClN3O4/c1-4-12-25(21(26)19-16(27-2)6-5-7-17(19)28-3)13-18-23-20(24-29-18)14-8-10-15(22)11-9-14/h4-11H,1,12-13H2,2-3H3. The van der Waals surface area contributed by atoms with Crippen LogP contribution in [0.5, 0.6) is 11.5 Å². The second-order valence-corrected chi connectivity index (χ2v) is 6.47. The predicted octanol–water partition coefficient (Wildman–Crippen LogP) is 4.24. The third-order valence-corrected chi connectivity index (χ3v) is 4.43. The Bertz CT molecular complexity index is 979. The molecule has 0 spiro atoms. The van der Waals surface area contributed by atoms with E-state index in [4.69, 9.17) is 25.6 Å². The Morgan fingerprint density at radius 2 is 1.83 bits per heavy atom. The van der Waals surface area contributed by atoms with Crippen LogP contribution in [0.15, 0.2) is 59.6 Å². The molecule has 150 valence electrons. The van der Waals surface area contributed by atoms with Crippen LogP contribution in [0.1, 0.15) is 16.2 Å². The van der Waals surface area contributed by atoms with Gasteiger partial charge in [0.2, 0.25) is 11.7 Å². The van der Waals surface area contributed by atoms with Crippen LogP contribution in [-0.4, -0.2) is 41.7 Å². The molecule has 2 aromatic carbocycles. The van der Waals surface area contributed by atoms with Crippen LogP contribution in [0.2, 0.25) is 5.02 Å². The van der Waals surface area contributed by atoms with Crippen molar-refractivity contribution in [2.75, 3.05) is 20.8 Å². The Hall–Kier alpha value is -3.32. The molecule has 0 saturated heterocycles. The van der Waals surface area contributed by atoms with Crippen LogP contribution in [0.25, 0.3) is 11.4 Å². The Balaban J connectivity index is 1.87. The lowest BCUT2D eigenvalue weighted by Gasteiger charge is -2.21. The molecule has 1 aromatic heterocycles. The van der Waals surface area contributed by atoms with Gasteiger partial charge in [-0.2, -0.15) is 4.98 Å². The van der Waals surface area contributed by atoms with E-state index < -0.39 is 0 Å². The Labute approximate surface area is 173 Å². The zero-order chi connectivity index (χ0) is 20.8. The fourth-order valence-corrected chi connectivity index (χ4v) is 2.92. The number of aromatic nitrogens is 2. The van der Waals surface area contributed by atoms with Crippen molar-refractivity contribution in [1.29, 1.82) is 0 Å². The van der Waals surface area contributed by atoms with E-state index in [-0.39, 0.29) is 19.0 Å². The highest BCUT2D eigenvalue weighted by Crippen LogP contribution is 2.30. The van der Waals surface area contributed by atoms with Crippen LogP contribution in [0.4, 0.5) is 0 Å². The minimum Gasteiger partial charge on any atom is -0.496 e. The van der Waals surface area contributed by atoms with Gasteiger partial charge in [0.1, 0.15) is 23.6 Å². The third-order valence-electron chi connectivity index (χ3n) is 4.18. The van der Waals surface area contributed by atoms with Crippen LogP contribution in [0, 0.1) is 0 Å². The van der Waals surface area contributed by atoms with Crippen molar-refractivity contribution in [1.82, 2.24) is 15.0 Å². The van der Waals surface area contributed by atoms with Gasteiger partial charge in [0, 0.05) is 17.1 Å². The first-order chi connectivity index (χ1) is 14.1. The fraction of sp³-hybridized carbons (Fsp3) is 0.190. The van der Waals surface area contributed by atoms with Crippen molar-refractivity contribution in [3.8, 4) is 22.9 Å². The van der Waals surface area contributed by atoms with Gasteiger partial charge in [-0.15, -0.1) is 6.58 Å². The van der Waals surface area contributed by atoms with Crippen molar-refractivity contribution in [3.05, 3.63) is 71.6 Å². The summed E-state index contributed by atoms with van der Waals surface area (Å²) in [5.74, 6) is 1.23. The number of carbonyl (C=O) groups is 1. The second kappa shape index (κ2) is 9.25. The van der Waals surface area contributed by atoms with Gasteiger partial charge in [-0.1, -0.05) is 28.9 Å². The number of nitrogens with zero attached hydrogens (tertiary/aromatic N) is 3. The maximum absolute atomic E-state index is 13.2. The van der Waals surface area contributed by atoms with Crippen molar-refractivity contribution in [3.63, 3.8) is 0 Å². The van der Waals surface area contributed by atoms with Crippen LogP contribution in [0.3, 0.4) is 0 Å². The molecule has 0 N–H and O–H groups in total. The minimum atomic E-state index is -0.301. The van der Waals surface area contributed by atoms with E-state index >= 15 is 0 Å². The molecule has 0 bridgehead atoms. The number of hydrogen-bond acceptors (Lipinski definition) is 6. The molecule has 8 heteroatoms. The zero-order valence-corrected chi connectivity index (χ0v) is 16.8. The number of ether oxygens (including phenoxy) is 2. The summed E-state index contributed by atoms with van der Waals surface area (Å²) in [6.07, 6.45) is 1.62. The van der Waals surface area contributed by atoms with Gasteiger partial charge in [-0.25, -0.2) is 0 Å². The van der Waals surface area contributed by atoms with Gasteiger partial charge in [0.15, 0.2) is 0 Å². The van der Waals surface area contributed by atoms with E-state index in [1.165, 1.54) is 19.1 Å². The van der Waals surface area contributed by atoms with Gasteiger partial charge in [0.05, 0.1) is 14.2 Å². The number of benzene rings is 2. The molecule has 0 radical (unpaired) electrons. The van der Waals surface area contributed by atoms with Gasteiger partial charge < -0.3 is 18.9 Å². The highest BCUT2D eigenvalue weighted by atomic mass is 35.5. The van der Waals surface area contributed by atoms with Crippen LogP contribution >= 0.6 is 11.6 Å². The molecule has 7 nitrogen and oxygen atoms in total. The summed E-state index contributed by atoms with van der Waals surface area (Å²) < 4.78 is 16.0. The number of hydrogen-bond donors (Lipinski definition) is 0. The van der Waals surface area contributed by atoms with Crippen molar-refractivity contribution >= 4 is 17.5 Å². The summed E-state index contributed by atoms with van der Waals surface area (Å²) in [6, 6.07) is 12.2. The number of amides is 1. The van der Waals surface area contributed by atoms with Crippen molar-refractivity contribution in [2.45, 2.75) is 6.54 Å². The van der Waals surface area contributed by atoms with E-state index in [9.17, 15) is 4.79 Å². The van der Waals surface area contributed by atoms with Crippen molar-refractivity contribution < 1.29 is 18.8 Å². The summed E-state index contributed by atoms with van der Waals surface area (Å²) in [7, 11) is 3.00. The first kappa shape index (κ1) is 20.4. The smallest absolute Gasteiger partial charge is 0.262 e. The monoisotopic (exact) mass is 413 g/mol. The molecule has 0 saturated carbocycles. The molecule has 0 fully saturated rings. The van der Waals surface area contributed by atoms with E-state index in [0.717, 1.165) is 5.56 Å². The van der Waals surface area contributed by atoms with E-state index in [1.807, 2.05) is 0 Å². The lowest BCUT2D eigenvalue weighted by atomic mass is 10.1. The van der Waals surface area contributed by atoms with E-state index in [2.05, 4.69) is 16.7 Å². The fourth-order valence-electron chi connectivity index (χ4n) is 2.79. The van der Waals surface area contributed by atoms with E-state index in [1.54, 1.807) is 48.5 Å². The van der Waals surface area contributed by atoms with Crippen LogP contribution in [-0.2, 0) is 6.54 Å². The SMILES string of the molecule is C=CCN(Cc1nc(-c2ccc(Cl)cc2)no1)C(=O)c1c(OC)cccc1OC. The molecule has 0 atom stereocenters. The predicted molar refractivity (Wildman–Crippen MR) is 109 cm³/mol. The molecule has 1 amide bonds. The molecule has 3 aromatic rings. The first-order valence-electron chi connectivity index (χ1n) is 8.77. The number of carbonyl (C=O) groups excluding carboxylic acids is 1. The number of methoxy groups -OCH3 is 2. The summed E-state index contributed by atoms with van der Waals surface area (Å²) in [5, 5.41) is 4.60. The van der Waals surface area contributed by atoms with Gasteiger partial charge in [0.25, 0.3) is 5.91 Å². The second-order valence-electron chi connectivity index (χ2n) is 6.03. The first-order valence-corrected chi connectivity index (χ1v) is 9.14. The highest BCUT2D eigenvalue weighted by molar-refractivity contribution is 6.30. The lowest BCUT2D eigenvalue weighted by molar-refractivity contribution is 0.0738. The largest absolute Gasteiger partial charge is 0.496 e.